The van der Waals surface area contributed by atoms with Crippen molar-refractivity contribution in [3.63, 3.8) is 0 Å². The number of carbonyl (C=O) groups excluding carboxylic acids is 2. The number of aryl methyl sites for hydroxylation is 1. The number of amides is 1. The number of thiophene rings is 1. The SMILES string of the molecule is O=Cc1cc2c(s1)C(=O)NCCC2. The molecule has 13 heavy (non-hydrogen) atoms. The molecular weight excluding hydrogens is 186 g/mol. The first-order valence-electron chi connectivity index (χ1n) is 4.17. The van der Waals surface area contributed by atoms with Crippen molar-refractivity contribution in [3.8, 4) is 0 Å². The highest BCUT2D eigenvalue weighted by Gasteiger charge is 2.18. The van der Waals surface area contributed by atoms with Gasteiger partial charge in [-0.25, -0.2) is 0 Å². The summed E-state index contributed by atoms with van der Waals surface area (Å²) in [6.45, 7) is 0.733. The Morgan fingerprint density at radius 2 is 2.38 bits per heavy atom. The fourth-order valence-corrected chi connectivity index (χ4v) is 2.39. The van der Waals surface area contributed by atoms with Gasteiger partial charge in [0.15, 0.2) is 6.29 Å². The Hall–Kier alpha value is -1.16. The number of aldehydes is 1. The number of nitrogens with one attached hydrogen (secondary N) is 1. The van der Waals surface area contributed by atoms with Crippen LogP contribution in [-0.2, 0) is 6.42 Å². The predicted octanol–water partition coefficient (Wildman–Crippen LogP) is 1.24. The Labute approximate surface area is 79.8 Å². The van der Waals surface area contributed by atoms with Gasteiger partial charge in [0, 0.05) is 6.54 Å². The van der Waals surface area contributed by atoms with Crippen LogP contribution in [0.1, 0.15) is 31.3 Å². The van der Waals surface area contributed by atoms with Crippen LogP contribution in [0, 0.1) is 0 Å². The molecule has 1 aromatic heterocycles. The Morgan fingerprint density at radius 3 is 3.15 bits per heavy atom. The van der Waals surface area contributed by atoms with Crippen LogP contribution in [0.2, 0.25) is 0 Å². The van der Waals surface area contributed by atoms with Gasteiger partial charge >= 0.3 is 0 Å². The second-order valence-electron chi connectivity index (χ2n) is 2.98. The molecule has 1 N–H and O–H groups in total. The van der Waals surface area contributed by atoms with Crippen LogP contribution in [0.15, 0.2) is 6.07 Å². The summed E-state index contributed by atoms with van der Waals surface area (Å²) in [4.78, 5) is 23.3. The van der Waals surface area contributed by atoms with E-state index in [1.165, 1.54) is 11.3 Å². The van der Waals surface area contributed by atoms with Crippen LogP contribution in [0.25, 0.3) is 0 Å². The van der Waals surface area contributed by atoms with E-state index in [1.807, 2.05) is 6.07 Å². The standard InChI is InChI=1S/C9H9NO2S/c11-5-7-4-6-2-1-3-10-9(12)8(6)13-7/h4-5H,1-3H2,(H,10,12). The molecule has 68 valence electrons. The van der Waals surface area contributed by atoms with Gasteiger partial charge in [0.25, 0.3) is 5.91 Å². The van der Waals surface area contributed by atoms with Crippen molar-refractivity contribution in [2.24, 2.45) is 0 Å². The van der Waals surface area contributed by atoms with Gasteiger partial charge < -0.3 is 5.32 Å². The third-order valence-electron chi connectivity index (χ3n) is 2.06. The quantitative estimate of drug-likeness (QED) is 0.685. The number of hydrogen-bond acceptors (Lipinski definition) is 3. The maximum atomic E-state index is 11.4. The lowest BCUT2D eigenvalue weighted by molar-refractivity contribution is 0.0960. The molecule has 2 heterocycles. The lowest BCUT2D eigenvalue weighted by Crippen LogP contribution is -2.21. The van der Waals surface area contributed by atoms with Gasteiger partial charge in [0.1, 0.15) is 0 Å². The van der Waals surface area contributed by atoms with Crippen molar-refractivity contribution in [2.45, 2.75) is 12.8 Å². The van der Waals surface area contributed by atoms with Gasteiger partial charge in [-0.1, -0.05) is 0 Å². The summed E-state index contributed by atoms with van der Waals surface area (Å²) in [6.07, 6.45) is 2.64. The molecule has 3 nitrogen and oxygen atoms in total. The van der Waals surface area contributed by atoms with Crippen molar-refractivity contribution in [1.82, 2.24) is 5.32 Å². The zero-order valence-corrected chi connectivity index (χ0v) is 7.82. The lowest BCUT2D eigenvalue weighted by Gasteiger charge is -1.95. The zero-order valence-electron chi connectivity index (χ0n) is 7.00. The molecule has 0 spiro atoms. The number of carbonyl (C=O) groups is 2. The molecule has 0 saturated carbocycles. The van der Waals surface area contributed by atoms with E-state index in [2.05, 4.69) is 5.32 Å². The largest absolute Gasteiger partial charge is 0.351 e. The molecule has 0 unspecified atom stereocenters. The smallest absolute Gasteiger partial charge is 0.261 e. The van der Waals surface area contributed by atoms with Crippen molar-refractivity contribution in [1.29, 1.82) is 0 Å². The van der Waals surface area contributed by atoms with Gasteiger partial charge in [0.05, 0.1) is 9.75 Å². The van der Waals surface area contributed by atoms with Gasteiger partial charge in [-0.2, -0.15) is 0 Å². The predicted molar refractivity (Wildman–Crippen MR) is 50.4 cm³/mol. The number of rotatable bonds is 1. The normalized spacial score (nSPS) is 15.8. The highest BCUT2D eigenvalue weighted by Crippen LogP contribution is 2.23. The summed E-state index contributed by atoms with van der Waals surface area (Å²) < 4.78 is 0. The average molecular weight is 195 g/mol. The fraction of sp³-hybridized carbons (Fsp3) is 0.333. The first kappa shape index (κ1) is 8.44. The van der Waals surface area contributed by atoms with Gasteiger partial charge in [-0.15, -0.1) is 11.3 Å². The molecule has 0 aromatic carbocycles. The maximum Gasteiger partial charge on any atom is 0.261 e. The Kier molecular flexibility index (Phi) is 2.14. The number of fused-ring (bicyclic) bond motifs is 1. The van der Waals surface area contributed by atoms with E-state index in [0.29, 0.717) is 9.75 Å². The second-order valence-corrected chi connectivity index (χ2v) is 4.06. The van der Waals surface area contributed by atoms with Crippen LogP contribution in [0.3, 0.4) is 0 Å². The zero-order chi connectivity index (χ0) is 9.26. The summed E-state index contributed by atoms with van der Waals surface area (Å²) in [5, 5.41) is 2.79. The van der Waals surface area contributed by atoms with Gasteiger partial charge in [-0.3, -0.25) is 9.59 Å². The molecule has 1 aromatic rings. The van der Waals surface area contributed by atoms with Crippen LogP contribution < -0.4 is 5.32 Å². The molecule has 0 saturated heterocycles. The van der Waals surface area contributed by atoms with E-state index in [1.54, 1.807) is 0 Å². The van der Waals surface area contributed by atoms with E-state index in [9.17, 15) is 9.59 Å². The van der Waals surface area contributed by atoms with E-state index < -0.39 is 0 Å². The molecule has 0 bridgehead atoms. The Balaban J connectivity index is 2.44. The molecule has 0 aliphatic carbocycles. The minimum absolute atomic E-state index is 0.0365. The summed E-state index contributed by atoms with van der Waals surface area (Å²) in [7, 11) is 0. The molecule has 0 radical (unpaired) electrons. The van der Waals surface area contributed by atoms with Crippen molar-refractivity contribution < 1.29 is 9.59 Å². The first-order chi connectivity index (χ1) is 6.31. The van der Waals surface area contributed by atoms with Crippen molar-refractivity contribution in [2.75, 3.05) is 6.54 Å². The van der Waals surface area contributed by atoms with Gasteiger partial charge in [-0.05, 0) is 24.5 Å². The highest BCUT2D eigenvalue weighted by molar-refractivity contribution is 7.15. The summed E-state index contributed by atoms with van der Waals surface area (Å²) in [5.41, 5.74) is 1.02. The first-order valence-corrected chi connectivity index (χ1v) is 4.99. The van der Waals surface area contributed by atoms with E-state index in [-0.39, 0.29) is 5.91 Å². The van der Waals surface area contributed by atoms with Crippen molar-refractivity contribution in [3.05, 3.63) is 21.4 Å². The van der Waals surface area contributed by atoms with Crippen LogP contribution in [0.5, 0.6) is 0 Å². The van der Waals surface area contributed by atoms with Crippen LogP contribution >= 0.6 is 11.3 Å². The molecule has 1 aliphatic heterocycles. The molecule has 4 heteroatoms. The minimum atomic E-state index is -0.0365. The molecule has 2 rings (SSSR count). The Bertz CT molecular complexity index is 356. The monoisotopic (exact) mass is 195 g/mol. The second kappa shape index (κ2) is 3.30. The third-order valence-corrected chi connectivity index (χ3v) is 3.16. The van der Waals surface area contributed by atoms with E-state index in [4.69, 9.17) is 0 Å². The molecule has 1 amide bonds. The van der Waals surface area contributed by atoms with E-state index in [0.717, 1.165) is 31.2 Å². The topological polar surface area (TPSA) is 46.2 Å². The van der Waals surface area contributed by atoms with Gasteiger partial charge in [0.2, 0.25) is 0 Å². The molecule has 1 aliphatic rings. The maximum absolute atomic E-state index is 11.4. The van der Waals surface area contributed by atoms with Crippen LogP contribution in [0.4, 0.5) is 0 Å². The molecule has 0 atom stereocenters. The highest BCUT2D eigenvalue weighted by atomic mass is 32.1. The molecular formula is C9H9NO2S. The molecule has 0 fully saturated rings. The summed E-state index contributed by atoms with van der Waals surface area (Å²) in [5.74, 6) is -0.0365. The van der Waals surface area contributed by atoms with Crippen molar-refractivity contribution >= 4 is 23.5 Å². The lowest BCUT2D eigenvalue weighted by atomic mass is 10.1. The summed E-state index contributed by atoms with van der Waals surface area (Å²) >= 11 is 1.28. The summed E-state index contributed by atoms with van der Waals surface area (Å²) in [6, 6.07) is 1.82. The number of hydrogen-bond donors (Lipinski definition) is 1. The third kappa shape index (κ3) is 1.49. The fourth-order valence-electron chi connectivity index (χ4n) is 1.45. The van der Waals surface area contributed by atoms with Crippen LogP contribution in [-0.4, -0.2) is 18.7 Å². The average Bonchev–Trinajstić information content (AvgIpc) is 2.48. The minimum Gasteiger partial charge on any atom is -0.351 e. The van der Waals surface area contributed by atoms with E-state index >= 15 is 0 Å². The Morgan fingerprint density at radius 1 is 1.54 bits per heavy atom.